The molecule has 1 aliphatic rings. The second kappa shape index (κ2) is 3.12. The number of para-hydroxylation sites is 1. The van der Waals surface area contributed by atoms with Crippen LogP contribution in [0.4, 0.5) is 5.69 Å². The third-order valence-electron chi connectivity index (χ3n) is 2.82. The monoisotopic (exact) mass is 200 g/mol. The normalized spacial score (nSPS) is 18.6. The van der Waals surface area contributed by atoms with Crippen LogP contribution >= 0.6 is 0 Å². The fourth-order valence-corrected chi connectivity index (χ4v) is 2.08. The number of oxazole rings is 1. The predicted octanol–water partition coefficient (Wildman–Crippen LogP) is 2.54. The van der Waals surface area contributed by atoms with Crippen LogP contribution in [0.3, 0.4) is 0 Å². The zero-order chi connectivity index (χ0) is 10.3. The molecule has 2 aromatic rings. The lowest BCUT2D eigenvalue weighted by Crippen LogP contribution is -2.02. The summed E-state index contributed by atoms with van der Waals surface area (Å²) in [6, 6.07) is 8.33. The van der Waals surface area contributed by atoms with E-state index in [2.05, 4.69) is 28.5 Å². The summed E-state index contributed by atoms with van der Waals surface area (Å²) in [6.07, 6.45) is 1.82. The van der Waals surface area contributed by atoms with Crippen molar-refractivity contribution in [2.75, 3.05) is 11.9 Å². The number of nitrogens with zero attached hydrogens (tertiary/aromatic N) is 1. The van der Waals surface area contributed by atoms with Crippen molar-refractivity contribution in [2.45, 2.75) is 12.8 Å². The van der Waals surface area contributed by atoms with Crippen LogP contribution in [0.15, 0.2) is 34.9 Å². The Kier molecular flexibility index (Phi) is 1.78. The zero-order valence-electron chi connectivity index (χ0n) is 8.53. The van der Waals surface area contributed by atoms with Gasteiger partial charge in [-0.25, -0.2) is 4.98 Å². The van der Waals surface area contributed by atoms with Crippen LogP contribution in [-0.4, -0.2) is 11.5 Å². The molecule has 1 aliphatic heterocycles. The lowest BCUT2D eigenvalue weighted by Gasteiger charge is -2.04. The Morgan fingerprint density at radius 1 is 1.40 bits per heavy atom. The first-order valence-electron chi connectivity index (χ1n) is 5.10. The molecule has 0 radical (unpaired) electrons. The molecule has 0 saturated carbocycles. The van der Waals surface area contributed by atoms with Gasteiger partial charge in [0.2, 0.25) is 0 Å². The van der Waals surface area contributed by atoms with Crippen molar-refractivity contribution in [1.29, 1.82) is 0 Å². The van der Waals surface area contributed by atoms with Gasteiger partial charge in [0.05, 0.1) is 12.1 Å². The topological polar surface area (TPSA) is 38.1 Å². The number of aryl methyl sites for hydroxylation is 1. The number of anilines is 1. The van der Waals surface area contributed by atoms with E-state index in [4.69, 9.17) is 4.42 Å². The average molecular weight is 200 g/mol. The highest BCUT2D eigenvalue weighted by Gasteiger charge is 2.25. The SMILES string of the molecule is Cc1ncc(C2CNc3ccccc32)o1. The van der Waals surface area contributed by atoms with E-state index in [1.165, 1.54) is 11.3 Å². The van der Waals surface area contributed by atoms with Gasteiger partial charge in [-0.1, -0.05) is 18.2 Å². The molecular formula is C12H12N2O. The van der Waals surface area contributed by atoms with Crippen molar-refractivity contribution in [3.8, 4) is 0 Å². The molecule has 15 heavy (non-hydrogen) atoms. The Labute approximate surface area is 88.1 Å². The van der Waals surface area contributed by atoms with Crippen LogP contribution in [-0.2, 0) is 0 Å². The number of benzene rings is 1. The molecular weight excluding hydrogens is 188 g/mol. The van der Waals surface area contributed by atoms with Crippen molar-refractivity contribution in [3.05, 3.63) is 47.7 Å². The van der Waals surface area contributed by atoms with Gasteiger partial charge in [-0.05, 0) is 11.6 Å². The summed E-state index contributed by atoms with van der Waals surface area (Å²) < 4.78 is 5.57. The van der Waals surface area contributed by atoms with Crippen molar-refractivity contribution in [2.24, 2.45) is 0 Å². The molecule has 3 heteroatoms. The lowest BCUT2D eigenvalue weighted by atomic mass is 9.99. The first-order chi connectivity index (χ1) is 7.34. The summed E-state index contributed by atoms with van der Waals surface area (Å²) >= 11 is 0. The first-order valence-corrected chi connectivity index (χ1v) is 5.10. The molecule has 1 unspecified atom stereocenters. The number of hydrogen-bond donors (Lipinski definition) is 1. The van der Waals surface area contributed by atoms with Crippen LogP contribution in [0.5, 0.6) is 0 Å². The average Bonchev–Trinajstić information content (AvgIpc) is 2.83. The van der Waals surface area contributed by atoms with Gasteiger partial charge in [0, 0.05) is 19.2 Å². The highest BCUT2D eigenvalue weighted by Crippen LogP contribution is 2.35. The van der Waals surface area contributed by atoms with Crippen molar-refractivity contribution in [1.82, 2.24) is 4.98 Å². The number of nitrogens with one attached hydrogen (secondary N) is 1. The minimum atomic E-state index is 0.308. The largest absolute Gasteiger partial charge is 0.445 e. The molecule has 1 aromatic heterocycles. The molecule has 1 atom stereocenters. The van der Waals surface area contributed by atoms with Crippen LogP contribution < -0.4 is 5.32 Å². The maximum Gasteiger partial charge on any atom is 0.191 e. The third-order valence-corrected chi connectivity index (χ3v) is 2.82. The fraction of sp³-hybridized carbons (Fsp3) is 0.250. The van der Waals surface area contributed by atoms with Gasteiger partial charge in [-0.15, -0.1) is 0 Å². The van der Waals surface area contributed by atoms with E-state index in [0.717, 1.165) is 18.2 Å². The number of hydrogen-bond acceptors (Lipinski definition) is 3. The molecule has 0 aliphatic carbocycles. The number of fused-ring (bicyclic) bond motifs is 1. The minimum absolute atomic E-state index is 0.308. The summed E-state index contributed by atoms with van der Waals surface area (Å²) in [5.74, 6) is 1.99. The van der Waals surface area contributed by atoms with E-state index in [1.807, 2.05) is 19.2 Å². The van der Waals surface area contributed by atoms with E-state index in [1.54, 1.807) is 0 Å². The van der Waals surface area contributed by atoms with Crippen LogP contribution in [0.2, 0.25) is 0 Å². The fourth-order valence-electron chi connectivity index (χ4n) is 2.08. The van der Waals surface area contributed by atoms with E-state index in [-0.39, 0.29) is 0 Å². The number of rotatable bonds is 1. The van der Waals surface area contributed by atoms with Crippen LogP contribution in [0.25, 0.3) is 0 Å². The lowest BCUT2D eigenvalue weighted by molar-refractivity contribution is 0.463. The van der Waals surface area contributed by atoms with Gasteiger partial charge in [-0.2, -0.15) is 0 Å². The Morgan fingerprint density at radius 3 is 3.07 bits per heavy atom. The molecule has 3 nitrogen and oxygen atoms in total. The summed E-state index contributed by atoms with van der Waals surface area (Å²) in [5.41, 5.74) is 2.50. The van der Waals surface area contributed by atoms with Crippen molar-refractivity contribution < 1.29 is 4.42 Å². The smallest absolute Gasteiger partial charge is 0.191 e. The highest BCUT2D eigenvalue weighted by atomic mass is 16.4. The molecule has 3 rings (SSSR count). The van der Waals surface area contributed by atoms with Crippen LogP contribution in [0, 0.1) is 6.92 Å². The third kappa shape index (κ3) is 1.31. The molecule has 0 spiro atoms. The summed E-state index contributed by atoms with van der Waals surface area (Å²) in [7, 11) is 0. The summed E-state index contributed by atoms with van der Waals surface area (Å²) in [4.78, 5) is 4.14. The Hall–Kier alpha value is -1.77. The quantitative estimate of drug-likeness (QED) is 0.768. The van der Waals surface area contributed by atoms with E-state index in [0.29, 0.717) is 5.92 Å². The molecule has 2 heterocycles. The summed E-state index contributed by atoms with van der Waals surface area (Å²) in [6.45, 7) is 2.77. The van der Waals surface area contributed by atoms with Gasteiger partial charge < -0.3 is 9.73 Å². The molecule has 76 valence electrons. The number of aromatic nitrogens is 1. The van der Waals surface area contributed by atoms with Crippen molar-refractivity contribution >= 4 is 5.69 Å². The second-order valence-electron chi connectivity index (χ2n) is 3.80. The first kappa shape index (κ1) is 8.53. The molecule has 0 amide bonds. The zero-order valence-corrected chi connectivity index (χ0v) is 8.53. The van der Waals surface area contributed by atoms with Crippen LogP contribution in [0.1, 0.15) is 23.1 Å². The molecule has 0 bridgehead atoms. The van der Waals surface area contributed by atoms with E-state index >= 15 is 0 Å². The molecule has 0 fully saturated rings. The predicted molar refractivity (Wildman–Crippen MR) is 58.0 cm³/mol. The highest BCUT2D eigenvalue weighted by molar-refractivity contribution is 5.59. The summed E-state index contributed by atoms with van der Waals surface area (Å²) in [5, 5.41) is 3.37. The van der Waals surface area contributed by atoms with Gasteiger partial charge >= 0.3 is 0 Å². The van der Waals surface area contributed by atoms with E-state index in [9.17, 15) is 0 Å². The molecule has 1 aromatic carbocycles. The van der Waals surface area contributed by atoms with Gasteiger partial charge in [0.25, 0.3) is 0 Å². The Balaban J connectivity index is 2.04. The second-order valence-corrected chi connectivity index (χ2v) is 3.80. The van der Waals surface area contributed by atoms with Gasteiger partial charge in [0.15, 0.2) is 5.89 Å². The minimum Gasteiger partial charge on any atom is -0.445 e. The maximum atomic E-state index is 5.57. The molecule has 0 saturated heterocycles. The Bertz CT molecular complexity index is 490. The van der Waals surface area contributed by atoms with E-state index < -0.39 is 0 Å². The van der Waals surface area contributed by atoms with Gasteiger partial charge in [0.1, 0.15) is 5.76 Å². The van der Waals surface area contributed by atoms with Crippen molar-refractivity contribution in [3.63, 3.8) is 0 Å². The Morgan fingerprint density at radius 2 is 2.27 bits per heavy atom. The molecule has 1 N–H and O–H groups in total. The van der Waals surface area contributed by atoms with Gasteiger partial charge in [-0.3, -0.25) is 0 Å². The standard InChI is InChI=1S/C12H12N2O/c1-8-13-7-12(15-8)10-6-14-11-5-3-2-4-9(10)11/h2-5,7,10,14H,6H2,1H3. The maximum absolute atomic E-state index is 5.57.